The molecule has 1 aromatic carbocycles. The number of rotatable bonds is 7. The number of carbonyl (C=O) groups excluding carboxylic acids is 1. The number of urea groups is 1. The topological polar surface area (TPSA) is 77.0 Å². The summed E-state index contributed by atoms with van der Waals surface area (Å²) < 4.78 is 124. The monoisotopic (exact) mass is 522 g/mol. The lowest BCUT2D eigenvalue weighted by molar-refractivity contribution is -0.274. The normalized spacial score (nSPS) is 12.2. The molecule has 1 heterocycles. The van der Waals surface area contributed by atoms with Gasteiger partial charge in [-0.1, -0.05) is 0 Å². The van der Waals surface area contributed by atoms with Crippen LogP contribution in [-0.4, -0.2) is 62.0 Å². The zero-order chi connectivity index (χ0) is 26.6. The van der Waals surface area contributed by atoms with Crippen molar-refractivity contribution in [3.8, 4) is 17.5 Å². The van der Waals surface area contributed by atoms with Crippen LogP contribution in [0.5, 0.6) is 17.5 Å². The zero-order valence-corrected chi connectivity index (χ0v) is 17.6. The fourth-order valence-corrected chi connectivity index (χ4v) is 2.29. The number of alkyl halides is 9. The van der Waals surface area contributed by atoms with Gasteiger partial charge in [0.15, 0.2) is 13.2 Å². The van der Waals surface area contributed by atoms with E-state index in [1.807, 2.05) is 0 Å². The molecule has 0 aliphatic carbocycles. The van der Waals surface area contributed by atoms with E-state index in [4.69, 9.17) is 0 Å². The van der Waals surface area contributed by atoms with Crippen molar-refractivity contribution in [2.24, 2.45) is 0 Å². The number of aromatic nitrogens is 2. The molecule has 2 aromatic rings. The third-order valence-electron chi connectivity index (χ3n) is 3.77. The van der Waals surface area contributed by atoms with E-state index in [1.165, 1.54) is 7.05 Å². The van der Waals surface area contributed by atoms with Gasteiger partial charge in [0.2, 0.25) is 17.7 Å². The summed E-state index contributed by atoms with van der Waals surface area (Å²) >= 11 is 0. The van der Waals surface area contributed by atoms with Crippen LogP contribution >= 0.6 is 0 Å². The summed E-state index contributed by atoms with van der Waals surface area (Å²) in [6.45, 7) is -3.68. The lowest BCUT2D eigenvalue weighted by Crippen LogP contribution is -2.40. The molecule has 0 bridgehead atoms. The van der Waals surface area contributed by atoms with E-state index in [2.05, 4.69) is 24.2 Å². The Balaban J connectivity index is 2.26. The summed E-state index contributed by atoms with van der Waals surface area (Å²) in [5.74, 6) is -2.92. The molecule has 2 amide bonds. The molecule has 17 heteroatoms. The Morgan fingerprint density at radius 2 is 1.26 bits per heavy atom. The van der Waals surface area contributed by atoms with Gasteiger partial charge in [0.05, 0.1) is 6.07 Å². The van der Waals surface area contributed by atoms with E-state index in [0.29, 0.717) is 11.0 Å². The lowest BCUT2D eigenvalue weighted by Gasteiger charge is -2.24. The van der Waals surface area contributed by atoms with E-state index < -0.39 is 61.4 Å². The van der Waals surface area contributed by atoms with Gasteiger partial charge in [-0.2, -0.15) is 36.3 Å². The van der Waals surface area contributed by atoms with E-state index in [9.17, 15) is 44.3 Å². The first-order chi connectivity index (χ1) is 15.9. The molecule has 0 unspecified atom stereocenters. The predicted octanol–water partition coefficient (Wildman–Crippen LogP) is 4.95. The maximum atomic E-state index is 12.7. The molecule has 0 fully saturated rings. The summed E-state index contributed by atoms with van der Waals surface area (Å²) in [5, 5.41) is 0. The Labute approximate surface area is 190 Å². The van der Waals surface area contributed by atoms with Crippen molar-refractivity contribution in [2.45, 2.75) is 18.7 Å². The second kappa shape index (κ2) is 10.3. The van der Waals surface area contributed by atoms with Crippen molar-refractivity contribution in [1.82, 2.24) is 9.97 Å². The Kier molecular flexibility index (Phi) is 8.12. The number of amides is 2. The molecular formula is C18H15F9N4O4. The van der Waals surface area contributed by atoms with Crippen LogP contribution in [0.3, 0.4) is 0 Å². The number of benzene rings is 1. The highest BCUT2D eigenvalue weighted by molar-refractivity contribution is 6.01. The summed E-state index contributed by atoms with van der Waals surface area (Å²) in [4.78, 5) is 21.4. The van der Waals surface area contributed by atoms with Gasteiger partial charge >= 0.3 is 24.7 Å². The average Bonchev–Trinajstić information content (AvgIpc) is 2.73. The Morgan fingerprint density at radius 1 is 0.800 bits per heavy atom. The Hall–Kier alpha value is -3.66. The number of halogens is 9. The first kappa shape index (κ1) is 27.6. The summed E-state index contributed by atoms with van der Waals surface area (Å²) in [5.41, 5.74) is 0.0504. The molecule has 0 aliphatic heterocycles. The van der Waals surface area contributed by atoms with Crippen LogP contribution in [-0.2, 0) is 0 Å². The maximum Gasteiger partial charge on any atom is 0.573 e. The SMILES string of the molecule is CN(C(=O)N(C)c1nc(OCC(F)(F)F)cc(OCC(F)(F)F)n1)c1ccc(OC(F)(F)F)cc1. The van der Waals surface area contributed by atoms with Crippen molar-refractivity contribution in [3.05, 3.63) is 30.3 Å². The van der Waals surface area contributed by atoms with Gasteiger partial charge in [-0.3, -0.25) is 9.80 Å². The number of anilines is 2. The smallest absolute Gasteiger partial charge is 0.468 e. The first-order valence-corrected chi connectivity index (χ1v) is 9.09. The molecule has 2 rings (SSSR count). The number of hydrogen-bond donors (Lipinski definition) is 0. The van der Waals surface area contributed by atoms with Gasteiger partial charge in [0.25, 0.3) is 0 Å². The van der Waals surface area contributed by atoms with Crippen molar-refractivity contribution >= 4 is 17.7 Å². The van der Waals surface area contributed by atoms with E-state index in [-0.39, 0.29) is 5.69 Å². The van der Waals surface area contributed by atoms with E-state index in [1.54, 1.807) is 0 Å². The first-order valence-electron chi connectivity index (χ1n) is 9.09. The van der Waals surface area contributed by atoms with Crippen LogP contribution in [0.15, 0.2) is 30.3 Å². The Morgan fingerprint density at radius 3 is 1.66 bits per heavy atom. The largest absolute Gasteiger partial charge is 0.573 e. The molecule has 8 nitrogen and oxygen atoms in total. The highest BCUT2D eigenvalue weighted by Crippen LogP contribution is 2.27. The van der Waals surface area contributed by atoms with Gasteiger partial charge in [0.1, 0.15) is 5.75 Å². The average molecular weight is 522 g/mol. The fraction of sp³-hybridized carbons (Fsp3) is 0.389. The lowest BCUT2D eigenvalue weighted by atomic mass is 10.3. The van der Waals surface area contributed by atoms with E-state index >= 15 is 0 Å². The quantitative estimate of drug-likeness (QED) is 0.479. The highest BCUT2D eigenvalue weighted by Gasteiger charge is 2.32. The molecule has 0 spiro atoms. The van der Waals surface area contributed by atoms with E-state index in [0.717, 1.165) is 36.2 Å². The summed E-state index contributed by atoms with van der Waals surface area (Å²) in [6, 6.07) is 3.62. The molecule has 0 saturated carbocycles. The number of ether oxygens (including phenoxy) is 3. The van der Waals surface area contributed by atoms with Gasteiger partial charge in [-0.05, 0) is 24.3 Å². The minimum Gasteiger partial charge on any atom is -0.468 e. The predicted molar refractivity (Wildman–Crippen MR) is 100 cm³/mol. The molecular weight excluding hydrogens is 507 g/mol. The van der Waals surface area contributed by atoms with Crippen molar-refractivity contribution < 1.29 is 58.5 Å². The highest BCUT2D eigenvalue weighted by atomic mass is 19.4. The molecule has 0 N–H and O–H groups in total. The van der Waals surface area contributed by atoms with Gasteiger partial charge < -0.3 is 14.2 Å². The minimum absolute atomic E-state index is 0.0504. The number of carbonyl (C=O) groups is 1. The van der Waals surface area contributed by atoms with Crippen LogP contribution in [0, 0.1) is 0 Å². The number of nitrogens with zero attached hydrogens (tertiary/aromatic N) is 4. The van der Waals surface area contributed by atoms with Crippen molar-refractivity contribution in [3.63, 3.8) is 0 Å². The summed E-state index contributed by atoms with van der Waals surface area (Å²) in [6.07, 6.45) is -14.5. The molecule has 0 radical (unpaired) electrons. The standard InChI is InChI=1S/C18H15F9N4O4/c1-30(10-3-5-11(6-4-10)35-18(25,26)27)15(32)31(2)14-28-12(33-8-16(19,20)21)7-13(29-14)34-9-17(22,23)24/h3-7H,8-9H2,1-2H3. The molecule has 194 valence electrons. The Bertz CT molecular complexity index is 975. The van der Waals surface area contributed by atoms with Crippen LogP contribution in [0.25, 0.3) is 0 Å². The van der Waals surface area contributed by atoms with Crippen LogP contribution < -0.4 is 24.0 Å². The van der Waals surface area contributed by atoms with Crippen LogP contribution in [0.1, 0.15) is 0 Å². The molecule has 0 atom stereocenters. The molecule has 35 heavy (non-hydrogen) atoms. The third-order valence-corrected chi connectivity index (χ3v) is 3.77. The molecule has 1 aromatic heterocycles. The molecule has 0 saturated heterocycles. The van der Waals surface area contributed by atoms with Gasteiger partial charge in [0, 0.05) is 19.8 Å². The van der Waals surface area contributed by atoms with Crippen molar-refractivity contribution in [2.75, 3.05) is 37.1 Å². The van der Waals surface area contributed by atoms with Crippen LogP contribution in [0.4, 0.5) is 55.9 Å². The fourth-order valence-electron chi connectivity index (χ4n) is 2.29. The van der Waals surface area contributed by atoms with Crippen LogP contribution in [0.2, 0.25) is 0 Å². The zero-order valence-electron chi connectivity index (χ0n) is 17.6. The number of hydrogen-bond acceptors (Lipinski definition) is 6. The summed E-state index contributed by atoms with van der Waals surface area (Å²) in [7, 11) is 2.22. The van der Waals surface area contributed by atoms with Gasteiger partial charge in [-0.15, -0.1) is 13.2 Å². The van der Waals surface area contributed by atoms with Crippen molar-refractivity contribution in [1.29, 1.82) is 0 Å². The molecule has 0 aliphatic rings. The van der Waals surface area contributed by atoms with Gasteiger partial charge in [-0.25, -0.2) is 4.79 Å². The second-order valence-electron chi connectivity index (χ2n) is 6.59. The minimum atomic E-state index is -4.94. The maximum absolute atomic E-state index is 12.7. The third kappa shape index (κ3) is 9.24. The second-order valence-corrected chi connectivity index (χ2v) is 6.59.